The van der Waals surface area contributed by atoms with Crippen molar-refractivity contribution in [3.8, 4) is 34.2 Å². The number of aryl methyl sites for hydroxylation is 3. The molecule has 1 atom stereocenters. The minimum atomic E-state index is -0.548. The van der Waals surface area contributed by atoms with E-state index in [-0.39, 0.29) is 48.0 Å². The third-order valence-electron chi connectivity index (χ3n) is 10.2. The van der Waals surface area contributed by atoms with Crippen LogP contribution in [0.5, 0.6) is 0 Å². The summed E-state index contributed by atoms with van der Waals surface area (Å²) in [5.74, 6) is 4.62. The van der Waals surface area contributed by atoms with Gasteiger partial charge in [-0.05, 0) is 70.8 Å². The van der Waals surface area contributed by atoms with Crippen LogP contribution in [0.25, 0.3) is 55.2 Å². The smallest absolute Gasteiger partial charge is 0.328 e. The average molecular weight is 732 g/mol. The van der Waals surface area contributed by atoms with Crippen molar-refractivity contribution in [3.63, 3.8) is 0 Å². The van der Waals surface area contributed by atoms with Crippen LogP contribution in [-0.4, -0.2) is 58.1 Å². The van der Waals surface area contributed by atoms with E-state index >= 15 is 0 Å². The van der Waals surface area contributed by atoms with Crippen LogP contribution in [0.15, 0.2) is 78.0 Å². The molecule has 8 rings (SSSR count). The summed E-state index contributed by atoms with van der Waals surface area (Å²) in [6.07, 6.45) is 5.74. The number of imide groups is 1. The molecule has 0 bridgehead atoms. The van der Waals surface area contributed by atoms with Crippen molar-refractivity contribution in [1.29, 1.82) is 0 Å². The molecule has 2 aromatic carbocycles. The van der Waals surface area contributed by atoms with Crippen molar-refractivity contribution < 1.29 is 14.4 Å². The van der Waals surface area contributed by atoms with Crippen LogP contribution >= 0.6 is 0 Å². The average Bonchev–Trinajstić information content (AvgIpc) is 3.62. The fourth-order valence-electron chi connectivity index (χ4n) is 7.35. The first-order valence-corrected chi connectivity index (χ1v) is 18.0. The number of benzene rings is 2. The molecule has 0 spiro atoms. The second kappa shape index (κ2) is 13.8. The van der Waals surface area contributed by atoms with E-state index in [1.807, 2.05) is 43.6 Å². The van der Waals surface area contributed by atoms with Gasteiger partial charge in [0.2, 0.25) is 11.8 Å². The molecule has 1 unspecified atom stereocenters. The fourth-order valence-corrected chi connectivity index (χ4v) is 7.35. The Morgan fingerprint density at radius 3 is 2.53 bits per heavy atom. The van der Waals surface area contributed by atoms with Crippen molar-refractivity contribution in [2.75, 3.05) is 6.54 Å². The molecular weight excluding hydrogens is 695 g/mol. The number of pyridine rings is 3. The molecule has 1 saturated heterocycles. The lowest BCUT2D eigenvalue weighted by Gasteiger charge is -2.19. The third kappa shape index (κ3) is 6.31. The van der Waals surface area contributed by atoms with E-state index in [4.69, 9.17) is 4.98 Å². The van der Waals surface area contributed by atoms with E-state index in [1.54, 1.807) is 46.4 Å². The molecule has 3 amide bonds. The number of carbonyl (C=O) groups is 3. The maximum atomic E-state index is 12.9. The lowest BCUT2D eigenvalue weighted by atomic mass is 9.93. The highest BCUT2D eigenvalue weighted by Crippen LogP contribution is 2.36. The molecule has 1 aliphatic heterocycles. The van der Waals surface area contributed by atoms with Gasteiger partial charge in [0.25, 0.3) is 5.91 Å². The van der Waals surface area contributed by atoms with Crippen molar-refractivity contribution in [1.82, 2.24) is 44.5 Å². The minimum Gasteiger partial charge on any atom is -0.340 e. The zero-order valence-electron chi connectivity index (χ0n) is 31.0. The van der Waals surface area contributed by atoms with Gasteiger partial charge in [-0.25, -0.2) is 9.78 Å². The van der Waals surface area contributed by atoms with E-state index in [0.717, 1.165) is 49.8 Å². The summed E-state index contributed by atoms with van der Waals surface area (Å²) in [6.45, 7) is 4.35. The summed E-state index contributed by atoms with van der Waals surface area (Å²) in [5, 5.41) is 12.4. The summed E-state index contributed by atoms with van der Waals surface area (Å²) in [6, 6.07) is 17.7. The number of hydrogen-bond acceptors (Lipinski definition) is 8. The van der Waals surface area contributed by atoms with Gasteiger partial charge >= 0.3 is 5.69 Å². The summed E-state index contributed by atoms with van der Waals surface area (Å²) < 4.78 is 5.02. The van der Waals surface area contributed by atoms with Crippen LogP contribution in [0, 0.1) is 11.8 Å². The Morgan fingerprint density at radius 2 is 1.76 bits per heavy atom. The Morgan fingerprint density at radius 1 is 0.927 bits per heavy atom. The van der Waals surface area contributed by atoms with Crippen LogP contribution < -0.4 is 16.3 Å². The number of hydrogen-bond donors (Lipinski definition) is 2. The first kappa shape index (κ1) is 35.1. The second-order valence-electron chi connectivity index (χ2n) is 14.1. The molecule has 1 aliphatic rings. The lowest BCUT2D eigenvalue weighted by molar-refractivity contribution is -0.134. The van der Waals surface area contributed by atoms with Crippen LogP contribution in [0.3, 0.4) is 0 Å². The molecule has 0 aliphatic carbocycles. The number of carbonyl (C=O) groups excluding carboxylic acids is 3. The van der Waals surface area contributed by atoms with Gasteiger partial charge in [0, 0.05) is 68.1 Å². The number of nitrogens with one attached hydrogen (secondary N) is 2. The molecule has 2 N–H and O–H groups in total. The summed E-state index contributed by atoms with van der Waals surface area (Å²) >= 11 is 0. The molecule has 7 aromatic rings. The predicted molar refractivity (Wildman–Crippen MR) is 209 cm³/mol. The number of amides is 3. The first-order valence-electron chi connectivity index (χ1n) is 18.0. The standard InChI is InChI=1S/C42H37N9O4/c1-23(2)30-17-27(19-35-38(30)50(4)42(55)49(35)3)28-10-6-9-25-18-34(45-22-32(25)28)26-11-13-33(44-21-26)41(54)43-15-7-8-24-16-31-37(48-51(5)39(31)46-20-24)29-12-14-36(52)47-40(29)53/h6,9-11,13,16-23,29H,12,14-15H2,1-5H3,(H,43,54)(H,47,52,53). The highest BCUT2D eigenvalue weighted by Gasteiger charge is 2.32. The zero-order chi connectivity index (χ0) is 38.5. The molecule has 1 fully saturated rings. The Hall–Kier alpha value is -6.94. The van der Waals surface area contributed by atoms with E-state index < -0.39 is 5.92 Å². The van der Waals surface area contributed by atoms with Gasteiger partial charge in [-0.1, -0.05) is 43.9 Å². The van der Waals surface area contributed by atoms with E-state index in [2.05, 4.69) is 69.6 Å². The van der Waals surface area contributed by atoms with Gasteiger partial charge in [0.05, 0.1) is 34.9 Å². The predicted octanol–water partition coefficient (Wildman–Crippen LogP) is 4.86. The Bertz CT molecular complexity index is 2850. The largest absolute Gasteiger partial charge is 0.340 e. The third-order valence-corrected chi connectivity index (χ3v) is 10.2. The summed E-state index contributed by atoms with van der Waals surface area (Å²) in [4.78, 5) is 63.6. The van der Waals surface area contributed by atoms with Crippen LogP contribution in [0.1, 0.15) is 65.8 Å². The highest BCUT2D eigenvalue weighted by molar-refractivity contribution is 6.03. The quantitative estimate of drug-likeness (QED) is 0.181. The number of rotatable bonds is 6. The number of nitrogens with zero attached hydrogens (tertiary/aromatic N) is 7. The monoisotopic (exact) mass is 731 g/mol. The molecule has 0 saturated carbocycles. The SMILES string of the molecule is CC(C)c1cc(-c2cccc3cc(-c4ccc(C(=O)NCC#Cc5cnc6c(c5)c(C5CCC(=O)NC5=O)nn6C)nc4)ncc23)cc2c1n(C)c(=O)n2C. The molecule has 13 nitrogen and oxygen atoms in total. The fraction of sp³-hybridized carbons (Fsp3) is 0.238. The Labute approximate surface area is 315 Å². The normalized spacial score (nSPS) is 14.4. The van der Waals surface area contributed by atoms with Gasteiger partial charge in [0.15, 0.2) is 5.65 Å². The highest BCUT2D eigenvalue weighted by atomic mass is 16.2. The van der Waals surface area contributed by atoms with E-state index in [9.17, 15) is 19.2 Å². The van der Waals surface area contributed by atoms with Crippen molar-refractivity contribution in [2.45, 2.75) is 38.5 Å². The number of piperidine rings is 1. The van der Waals surface area contributed by atoms with Gasteiger partial charge in [-0.15, -0.1) is 0 Å². The molecule has 55 heavy (non-hydrogen) atoms. The molecule has 274 valence electrons. The first-order chi connectivity index (χ1) is 26.5. The molecular formula is C42H37N9O4. The Kier molecular flexibility index (Phi) is 8.81. The maximum Gasteiger partial charge on any atom is 0.328 e. The van der Waals surface area contributed by atoms with Crippen LogP contribution in [-0.2, 0) is 30.7 Å². The van der Waals surface area contributed by atoms with E-state index in [0.29, 0.717) is 28.7 Å². The topological polar surface area (TPSA) is 159 Å². The number of fused-ring (bicyclic) bond motifs is 3. The minimum absolute atomic E-state index is 0.0541. The van der Waals surface area contributed by atoms with Crippen LogP contribution in [0.2, 0.25) is 0 Å². The van der Waals surface area contributed by atoms with Gasteiger partial charge < -0.3 is 5.32 Å². The molecule has 5 aromatic heterocycles. The van der Waals surface area contributed by atoms with Gasteiger partial charge in [-0.2, -0.15) is 5.10 Å². The van der Waals surface area contributed by atoms with Crippen molar-refractivity contribution in [2.24, 2.45) is 21.1 Å². The zero-order valence-corrected chi connectivity index (χ0v) is 31.0. The summed E-state index contributed by atoms with van der Waals surface area (Å²) in [5.41, 5.74) is 8.43. The molecule has 6 heterocycles. The van der Waals surface area contributed by atoms with Gasteiger partial charge in [-0.3, -0.25) is 43.5 Å². The van der Waals surface area contributed by atoms with E-state index in [1.165, 1.54) is 0 Å². The van der Waals surface area contributed by atoms with Crippen molar-refractivity contribution >= 4 is 50.6 Å². The van der Waals surface area contributed by atoms with Crippen molar-refractivity contribution in [3.05, 3.63) is 106 Å². The number of aromatic nitrogens is 7. The van der Waals surface area contributed by atoms with Crippen LogP contribution in [0.4, 0.5) is 0 Å². The maximum absolute atomic E-state index is 12.9. The molecule has 13 heteroatoms. The van der Waals surface area contributed by atoms with Gasteiger partial charge in [0.1, 0.15) is 5.69 Å². The number of imidazole rings is 1. The second-order valence-corrected chi connectivity index (χ2v) is 14.1. The Balaban J connectivity index is 0.972. The molecule has 0 radical (unpaired) electrons. The summed E-state index contributed by atoms with van der Waals surface area (Å²) in [7, 11) is 5.37. The lowest BCUT2D eigenvalue weighted by Crippen LogP contribution is -2.39.